The zero-order valence-corrected chi connectivity index (χ0v) is 9.02. The van der Waals surface area contributed by atoms with Crippen molar-refractivity contribution in [3.63, 3.8) is 0 Å². The van der Waals surface area contributed by atoms with Crippen LogP contribution in [0.4, 0.5) is 20.3 Å². The van der Waals surface area contributed by atoms with Crippen LogP contribution < -0.4 is 5.32 Å². The number of halogens is 2. The zero-order chi connectivity index (χ0) is 13.1. The van der Waals surface area contributed by atoms with Crippen LogP contribution in [0.25, 0.3) is 0 Å². The minimum atomic E-state index is -1.21. The normalized spacial score (nSPS) is 10.1. The molecular weight excluding hydrogens is 242 g/mol. The van der Waals surface area contributed by atoms with Crippen molar-refractivity contribution in [3.8, 4) is 0 Å². The Balaban J connectivity index is 2.40. The van der Waals surface area contributed by atoms with Crippen LogP contribution in [0.3, 0.4) is 0 Å². The van der Waals surface area contributed by atoms with Crippen LogP contribution >= 0.6 is 0 Å². The maximum absolute atomic E-state index is 13.4. The number of aromatic nitrogens is 1. The fraction of sp³-hybridized carbons (Fsp3) is 0. The summed E-state index contributed by atoms with van der Waals surface area (Å²) < 4.78 is 26.4. The van der Waals surface area contributed by atoms with Crippen molar-refractivity contribution in [3.05, 3.63) is 53.7 Å². The molecule has 1 heterocycles. The van der Waals surface area contributed by atoms with Crippen molar-refractivity contribution in [2.75, 3.05) is 5.32 Å². The molecule has 1 aromatic carbocycles. The van der Waals surface area contributed by atoms with Gasteiger partial charge >= 0.3 is 5.97 Å². The smallest absolute Gasteiger partial charge is 0.339 e. The first-order valence-corrected chi connectivity index (χ1v) is 4.99. The van der Waals surface area contributed by atoms with Crippen molar-refractivity contribution in [1.82, 2.24) is 4.98 Å². The molecule has 0 fully saturated rings. The van der Waals surface area contributed by atoms with Crippen LogP contribution in [0.15, 0.2) is 36.5 Å². The Morgan fingerprint density at radius 1 is 1.22 bits per heavy atom. The van der Waals surface area contributed by atoms with E-state index in [4.69, 9.17) is 5.11 Å². The number of carboxylic acids is 1. The Labute approximate surface area is 101 Å². The summed E-state index contributed by atoms with van der Waals surface area (Å²) in [6.07, 6.45) is 1.35. The predicted octanol–water partition coefficient (Wildman–Crippen LogP) is 2.80. The lowest BCUT2D eigenvalue weighted by molar-refractivity contribution is 0.0697. The molecule has 4 nitrogen and oxygen atoms in total. The maximum Gasteiger partial charge on any atom is 0.339 e. The Morgan fingerprint density at radius 3 is 2.72 bits per heavy atom. The van der Waals surface area contributed by atoms with Gasteiger partial charge in [0.1, 0.15) is 11.4 Å². The van der Waals surface area contributed by atoms with Crippen molar-refractivity contribution < 1.29 is 18.7 Å². The lowest BCUT2D eigenvalue weighted by atomic mass is 10.2. The fourth-order valence-corrected chi connectivity index (χ4v) is 1.41. The van der Waals surface area contributed by atoms with Gasteiger partial charge in [0.15, 0.2) is 11.6 Å². The Bertz CT molecular complexity index is 602. The summed E-state index contributed by atoms with van der Waals surface area (Å²) in [5.41, 5.74) is -0.294. The predicted molar refractivity (Wildman–Crippen MR) is 60.8 cm³/mol. The molecule has 6 heteroatoms. The number of aromatic carboxylic acids is 1. The number of benzene rings is 1. The molecule has 2 aromatic rings. The van der Waals surface area contributed by atoms with Gasteiger partial charge in [0.2, 0.25) is 0 Å². The van der Waals surface area contributed by atoms with Crippen molar-refractivity contribution in [2.45, 2.75) is 0 Å². The third-order valence-electron chi connectivity index (χ3n) is 2.24. The van der Waals surface area contributed by atoms with Gasteiger partial charge in [-0.2, -0.15) is 0 Å². The molecule has 0 saturated carbocycles. The molecule has 92 valence electrons. The summed E-state index contributed by atoms with van der Waals surface area (Å²) in [6, 6.07) is 6.32. The number of nitrogens with zero attached hydrogens (tertiary/aromatic N) is 1. The highest BCUT2D eigenvalue weighted by Crippen LogP contribution is 2.22. The Hall–Kier alpha value is -2.50. The number of pyridine rings is 1. The first-order chi connectivity index (χ1) is 8.59. The third kappa shape index (κ3) is 2.27. The van der Waals surface area contributed by atoms with E-state index in [9.17, 15) is 13.6 Å². The van der Waals surface area contributed by atoms with Gasteiger partial charge in [-0.3, -0.25) is 0 Å². The van der Waals surface area contributed by atoms with Crippen molar-refractivity contribution in [1.29, 1.82) is 0 Å². The quantitative estimate of drug-likeness (QED) is 0.879. The lowest BCUT2D eigenvalue weighted by Crippen LogP contribution is -2.05. The average Bonchev–Trinajstić information content (AvgIpc) is 2.35. The van der Waals surface area contributed by atoms with Gasteiger partial charge in [-0.1, -0.05) is 6.07 Å². The molecule has 2 rings (SSSR count). The Kier molecular flexibility index (Phi) is 3.18. The second-order valence-electron chi connectivity index (χ2n) is 3.43. The molecule has 0 spiro atoms. The first-order valence-electron chi connectivity index (χ1n) is 4.99. The number of carbonyl (C=O) groups is 1. The molecule has 0 amide bonds. The molecule has 0 aliphatic heterocycles. The van der Waals surface area contributed by atoms with E-state index in [2.05, 4.69) is 10.3 Å². The monoisotopic (exact) mass is 250 g/mol. The van der Waals surface area contributed by atoms with Crippen LogP contribution in [-0.4, -0.2) is 16.1 Å². The second-order valence-corrected chi connectivity index (χ2v) is 3.43. The minimum absolute atomic E-state index is 0.0468. The van der Waals surface area contributed by atoms with E-state index < -0.39 is 17.6 Å². The van der Waals surface area contributed by atoms with E-state index in [1.165, 1.54) is 30.5 Å². The summed E-state index contributed by atoms with van der Waals surface area (Å²) in [7, 11) is 0. The zero-order valence-electron chi connectivity index (χ0n) is 9.02. The van der Waals surface area contributed by atoms with Crippen LogP contribution in [0, 0.1) is 11.6 Å². The molecule has 2 N–H and O–H groups in total. The SMILES string of the molecule is O=C(O)c1cccnc1Nc1cccc(F)c1F. The average molecular weight is 250 g/mol. The van der Waals surface area contributed by atoms with Gasteiger partial charge in [0, 0.05) is 6.20 Å². The molecule has 0 saturated heterocycles. The highest BCUT2D eigenvalue weighted by Gasteiger charge is 2.13. The van der Waals surface area contributed by atoms with E-state index in [1.54, 1.807) is 0 Å². The van der Waals surface area contributed by atoms with E-state index >= 15 is 0 Å². The van der Waals surface area contributed by atoms with Gasteiger partial charge in [0.25, 0.3) is 0 Å². The van der Waals surface area contributed by atoms with Crippen LogP contribution in [0.5, 0.6) is 0 Å². The number of rotatable bonds is 3. The van der Waals surface area contributed by atoms with Gasteiger partial charge in [0.05, 0.1) is 5.69 Å². The number of hydrogen-bond donors (Lipinski definition) is 2. The van der Waals surface area contributed by atoms with Crippen molar-refractivity contribution >= 4 is 17.5 Å². The molecule has 1 aromatic heterocycles. The summed E-state index contributed by atoms with van der Waals surface area (Å²) >= 11 is 0. The van der Waals surface area contributed by atoms with Gasteiger partial charge in [-0.25, -0.2) is 18.6 Å². The third-order valence-corrected chi connectivity index (χ3v) is 2.24. The molecule has 0 radical (unpaired) electrons. The summed E-state index contributed by atoms with van der Waals surface area (Å²) in [6.45, 7) is 0. The minimum Gasteiger partial charge on any atom is -0.478 e. The second kappa shape index (κ2) is 4.79. The molecule has 0 bridgehead atoms. The first kappa shape index (κ1) is 12.0. The molecular formula is C12H8F2N2O2. The molecule has 0 aliphatic rings. The maximum atomic E-state index is 13.4. The van der Waals surface area contributed by atoms with Gasteiger partial charge in [-0.15, -0.1) is 0 Å². The topological polar surface area (TPSA) is 62.2 Å². The van der Waals surface area contributed by atoms with Gasteiger partial charge in [-0.05, 0) is 24.3 Å². The number of nitrogens with one attached hydrogen (secondary N) is 1. The highest BCUT2D eigenvalue weighted by atomic mass is 19.2. The molecule has 0 atom stereocenters. The van der Waals surface area contributed by atoms with Crippen molar-refractivity contribution in [2.24, 2.45) is 0 Å². The number of carboxylic acid groups (broad SMARTS) is 1. The largest absolute Gasteiger partial charge is 0.478 e. The lowest BCUT2D eigenvalue weighted by Gasteiger charge is -2.09. The summed E-state index contributed by atoms with van der Waals surface area (Å²) in [4.78, 5) is 14.7. The number of anilines is 2. The Morgan fingerprint density at radius 2 is 2.00 bits per heavy atom. The highest BCUT2D eigenvalue weighted by molar-refractivity contribution is 5.93. The van der Waals surface area contributed by atoms with Crippen LogP contribution in [0.1, 0.15) is 10.4 Å². The van der Waals surface area contributed by atoms with Gasteiger partial charge < -0.3 is 10.4 Å². The van der Waals surface area contributed by atoms with E-state index in [0.29, 0.717) is 0 Å². The van der Waals surface area contributed by atoms with Crippen LogP contribution in [-0.2, 0) is 0 Å². The number of hydrogen-bond acceptors (Lipinski definition) is 3. The summed E-state index contributed by atoms with van der Waals surface area (Å²) in [5.74, 6) is -3.36. The fourth-order valence-electron chi connectivity index (χ4n) is 1.41. The molecule has 0 unspecified atom stereocenters. The van der Waals surface area contributed by atoms with E-state index in [0.717, 1.165) is 6.07 Å². The van der Waals surface area contributed by atoms with Crippen LogP contribution in [0.2, 0.25) is 0 Å². The standard InChI is InChI=1S/C12H8F2N2O2/c13-8-4-1-5-9(10(8)14)16-11-7(12(17)18)3-2-6-15-11/h1-6H,(H,15,16)(H,17,18). The van der Waals surface area contributed by atoms with E-state index in [-0.39, 0.29) is 17.1 Å². The molecule has 18 heavy (non-hydrogen) atoms. The summed E-state index contributed by atoms with van der Waals surface area (Å²) in [5, 5.41) is 11.4. The molecule has 0 aliphatic carbocycles. The van der Waals surface area contributed by atoms with E-state index in [1.807, 2.05) is 0 Å².